The summed E-state index contributed by atoms with van der Waals surface area (Å²) < 4.78 is 11.9. The fourth-order valence-corrected chi connectivity index (χ4v) is 3.86. The number of benzene rings is 2. The number of nitrogens with one attached hydrogen (secondary N) is 2. The zero-order valence-corrected chi connectivity index (χ0v) is 20.0. The van der Waals surface area contributed by atoms with Crippen LogP contribution in [0.1, 0.15) is 37.7 Å². The molecule has 2 aromatic rings. The van der Waals surface area contributed by atoms with E-state index in [9.17, 15) is 14.9 Å². The minimum atomic E-state index is -0.367. The molecule has 172 valence electrons. The highest BCUT2D eigenvalue weighted by Gasteiger charge is 2.18. The van der Waals surface area contributed by atoms with E-state index in [4.69, 9.17) is 9.47 Å². The highest BCUT2D eigenvalue weighted by atomic mass is 79.9. The Hall–Kier alpha value is -3.31. The molecule has 0 saturated heterocycles. The Balaban J connectivity index is 1.62. The summed E-state index contributed by atoms with van der Waals surface area (Å²) in [7, 11) is 1.48. The van der Waals surface area contributed by atoms with Gasteiger partial charge in [0.2, 0.25) is 0 Å². The van der Waals surface area contributed by atoms with Gasteiger partial charge in [0.05, 0.1) is 7.11 Å². The number of anilines is 1. The van der Waals surface area contributed by atoms with Crippen molar-refractivity contribution in [1.82, 2.24) is 5.32 Å². The second-order valence-electron chi connectivity index (χ2n) is 7.73. The first kappa shape index (κ1) is 24.3. The summed E-state index contributed by atoms with van der Waals surface area (Å²) in [6, 6.07) is 14.3. The lowest BCUT2D eigenvalue weighted by molar-refractivity contribution is -0.118. The summed E-state index contributed by atoms with van der Waals surface area (Å²) in [5.41, 5.74) is 1.31. The van der Waals surface area contributed by atoms with Crippen LogP contribution in [-0.4, -0.2) is 31.6 Å². The fraction of sp³-hybridized carbons (Fsp3) is 0.320. The largest absolute Gasteiger partial charge is 0.493 e. The number of nitrogens with zero attached hydrogens (tertiary/aromatic N) is 1. The molecule has 1 aliphatic carbocycles. The summed E-state index contributed by atoms with van der Waals surface area (Å²) in [5.74, 6) is 0.0961. The van der Waals surface area contributed by atoms with Gasteiger partial charge in [-0.25, -0.2) is 0 Å². The van der Waals surface area contributed by atoms with Crippen LogP contribution in [-0.2, 0) is 9.59 Å². The van der Waals surface area contributed by atoms with Crippen LogP contribution in [0.2, 0.25) is 0 Å². The van der Waals surface area contributed by atoms with E-state index < -0.39 is 0 Å². The molecule has 0 aromatic heterocycles. The van der Waals surface area contributed by atoms with Crippen molar-refractivity contribution in [1.29, 1.82) is 5.26 Å². The Bertz CT molecular complexity index is 1050. The predicted molar refractivity (Wildman–Crippen MR) is 130 cm³/mol. The molecule has 1 fully saturated rings. The quantitative estimate of drug-likeness (QED) is 0.390. The van der Waals surface area contributed by atoms with Gasteiger partial charge in [-0.15, -0.1) is 0 Å². The highest BCUT2D eigenvalue weighted by Crippen LogP contribution is 2.29. The van der Waals surface area contributed by atoms with E-state index in [0.717, 1.165) is 30.2 Å². The van der Waals surface area contributed by atoms with Gasteiger partial charge >= 0.3 is 0 Å². The van der Waals surface area contributed by atoms with Gasteiger partial charge in [0.1, 0.15) is 11.6 Å². The molecule has 0 bridgehead atoms. The van der Waals surface area contributed by atoms with Gasteiger partial charge in [-0.2, -0.15) is 5.26 Å². The van der Waals surface area contributed by atoms with Gasteiger partial charge in [0, 0.05) is 16.2 Å². The highest BCUT2D eigenvalue weighted by molar-refractivity contribution is 9.10. The Morgan fingerprint density at radius 3 is 2.52 bits per heavy atom. The zero-order chi connectivity index (χ0) is 23.6. The van der Waals surface area contributed by atoms with E-state index >= 15 is 0 Å². The summed E-state index contributed by atoms with van der Waals surface area (Å²) in [5, 5.41) is 15.2. The van der Waals surface area contributed by atoms with Crippen LogP contribution in [0.15, 0.2) is 52.5 Å². The van der Waals surface area contributed by atoms with Gasteiger partial charge in [-0.05, 0) is 60.9 Å². The van der Waals surface area contributed by atoms with Gasteiger partial charge < -0.3 is 20.1 Å². The van der Waals surface area contributed by atoms with Crippen LogP contribution in [0.3, 0.4) is 0 Å². The normalized spacial score (nSPS) is 14.2. The van der Waals surface area contributed by atoms with Crippen LogP contribution in [0, 0.1) is 11.3 Å². The van der Waals surface area contributed by atoms with E-state index in [1.54, 1.807) is 30.3 Å². The molecule has 33 heavy (non-hydrogen) atoms. The Morgan fingerprint density at radius 2 is 1.85 bits per heavy atom. The molecule has 3 rings (SSSR count). The van der Waals surface area contributed by atoms with Crippen molar-refractivity contribution in [3.8, 4) is 17.6 Å². The molecule has 0 spiro atoms. The standard InChI is InChI=1S/C25H26BrN3O4/c1-32-23-14-17(13-18(15-27)25(31)29-20-5-3-2-4-6-20)7-12-22(23)33-16-24(30)28-21-10-8-19(26)9-11-21/h7-14,20H,2-6,16H2,1H3,(H,28,30)(H,29,31). The first-order valence-corrected chi connectivity index (χ1v) is 11.6. The second-order valence-corrected chi connectivity index (χ2v) is 8.65. The lowest BCUT2D eigenvalue weighted by atomic mass is 9.95. The lowest BCUT2D eigenvalue weighted by Crippen LogP contribution is -2.36. The molecule has 2 amide bonds. The maximum atomic E-state index is 12.5. The number of methoxy groups -OCH3 is 1. The molecule has 2 N–H and O–H groups in total. The first-order valence-electron chi connectivity index (χ1n) is 10.8. The molecular formula is C25H26BrN3O4. The lowest BCUT2D eigenvalue weighted by Gasteiger charge is -2.22. The van der Waals surface area contributed by atoms with Gasteiger partial charge in [-0.3, -0.25) is 9.59 Å². The molecule has 0 radical (unpaired) electrons. The molecule has 8 heteroatoms. The van der Waals surface area contributed by atoms with Crippen molar-refractivity contribution in [2.45, 2.75) is 38.1 Å². The SMILES string of the molecule is COc1cc(C=C(C#N)C(=O)NC2CCCCC2)ccc1OCC(=O)Nc1ccc(Br)cc1. The van der Waals surface area contributed by atoms with Gasteiger partial charge in [-0.1, -0.05) is 41.3 Å². The van der Waals surface area contributed by atoms with Gasteiger partial charge in [0.15, 0.2) is 18.1 Å². The summed E-state index contributed by atoms with van der Waals surface area (Å²) in [6.07, 6.45) is 6.78. The van der Waals surface area contributed by atoms with Crippen LogP contribution < -0.4 is 20.1 Å². The third kappa shape index (κ3) is 7.36. The number of nitriles is 1. The number of amides is 2. The fourth-order valence-electron chi connectivity index (χ4n) is 3.59. The molecule has 1 saturated carbocycles. The monoisotopic (exact) mass is 511 g/mol. The number of carbonyl (C=O) groups excluding carboxylic acids is 2. The van der Waals surface area contributed by atoms with E-state index in [1.165, 1.54) is 19.6 Å². The maximum absolute atomic E-state index is 12.5. The zero-order valence-electron chi connectivity index (χ0n) is 18.4. The van der Waals surface area contributed by atoms with E-state index in [2.05, 4.69) is 26.6 Å². The maximum Gasteiger partial charge on any atom is 0.262 e. The second kappa shape index (κ2) is 12.1. The minimum Gasteiger partial charge on any atom is -0.493 e. The van der Waals surface area contributed by atoms with Crippen LogP contribution in [0.5, 0.6) is 11.5 Å². The molecule has 0 heterocycles. The van der Waals surface area contributed by atoms with Crippen molar-refractivity contribution in [2.75, 3.05) is 19.0 Å². The molecule has 2 aromatic carbocycles. The third-order valence-corrected chi connectivity index (χ3v) is 5.82. The Kier molecular flexibility index (Phi) is 8.90. The number of ether oxygens (including phenoxy) is 2. The molecule has 0 atom stereocenters. The van der Waals surface area contributed by atoms with Crippen LogP contribution in [0.25, 0.3) is 6.08 Å². The molecule has 1 aliphatic rings. The smallest absolute Gasteiger partial charge is 0.262 e. The summed E-state index contributed by atoms with van der Waals surface area (Å²) >= 11 is 3.35. The molecule has 0 unspecified atom stereocenters. The van der Waals surface area contributed by atoms with Crippen LogP contribution >= 0.6 is 15.9 Å². The van der Waals surface area contributed by atoms with E-state index in [1.807, 2.05) is 18.2 Å². The summed E-state index contributed by atoms with van der Waals surface area (Å²) in [4.78, 5) is 24.7. The number of halogens is 1. The first-order chi connectivity index (χ1) is 16.0. The van der Waals surface area contributed by atoms with Crippen molar-refractivity contribution in [3.63, 3.8) is 0 Å². The number of hydrogen-bond donors (Lipinski definition) is 2. The van der Waals surface area contributed by atoms with Crippen molar-refractivity contribution in [2.24, 2.45) is 0 Å². The topological polar surface area (TPSA) is 100 Å². The average Bonchev–Trinajstić information content (AvgIpc) is 2.83. The molecule has 7 nitrogen and oxygen atoms in total. The summed E-state index contributed by atoms with van der Waals surface area (Å²) in [6.45, 7) is -0.200. The van der Waals surface area contributed by atoms with E-state index in [-0.39, 0.29) is 30.0 Å². The van der Waals surface area contributed by atoms with Crippen molar-refractivity contribution < 1.29 is 19.1 Å². The molecule has 0 aliphatic heterocycles. The average molecular weight is 512 g/mol. The predicted octanol–water partition coefficient (Wildman–Crippen LogP) is 4.83. The number of hydrogen-bond acceptors (Lipinski definition) is 5. The van der Waals surface area contributed by atoms with E-state index in [0.29, 0.717) is 22.7 Å². The van der Waals surface area contributed by atoms with Crippen LogP contribution in [0.4, 0.5) is 5.69 Å². The Morgan fingerprint density at radius 1 is 1.12 bits per heavy atom. The Labute approximate surface area is 201 Å². The number of rotatable bonds is 8. The van der Waals surface area contributed by atoms with Gasteiger partial charge in [0.25, 0.3) is 11.8 Å². The molecular weight excluding hydrogens is 486 g/mol. The minimum absolute atomic E-state index is 0.0326. The van der Waals surface area contributed by atoms with Crippen molar-refractivity contribution >= 4 is 39.5 Å². The van der Waals surface area contributed by atoms with Crippen molar-refractivity contribution in [3.05, 3.63) is 58.1 Å². The number of carbonyl (C=O) groups is 2. The third-order valence-electron chi connectivity index (χ3n) is 5.29.